The van der Waals surface area contributed by atoms with E-state index in [1.54, 1.807) is 0 Å². The van der Waals surface area contributed by atoms with Gasteiger partial charge in [-0.05, 0) is 36.5 Å². The van der Waals surface area contributed by atoms with Crippen LogP contribution in [0.1, 0.15) is 25.3 Å². The Labute approximate surface area is 112 Å². The lowest BCUT2D eigenvalue weighted by Crippen LogP contribution is -2.31. The minimum atomic E-state index is 0.330. The number of benzene rings is 1. The third kappa shape index (κ3) is 2.45. The van der Waals surface area contributed by atoms with E-state index in [9.17, 15) is 0 Å². The highest BCUT2D eigenvalue weighted by molar-refractivity contribution is 8.18. The van der Waals surface area contributed by atoms with Gasteiger partial charge in [-0.1, -0.05) is 18.2 Å². The molecule has 1 unspecified atom stereocenters. The summed E-state index contributed by atoms with van der Waals surface area (Å²) < 4.78 is 6.42. The lowest BCUT2D eigenvalue weighted by atomic mass is 10.1. The van der Waals surface area contributed by atoms with Crippen molar-refractivity contribution in [3.8, 4) is 5.75 Å². The van der Waals surface area contributed by atoms with E-state index >= 15 is 0 Å². The van der Waals surface area contributed by atoms with Crippen LogP contribution >= 0.6 is 23.5 Å². The van der Waals surface area contributed by atoms with Gasteiger partial charge in [-0.3, -0.25) is 0 Å². The smallest absolute Gasteiger partial charge is 0.122 e. The molecule has 1 nitrogen and oxygen atoms in total. The van der Waals surface area contributed by atoms with Crippen molar-refractivity contribution in [2.75, 3.05) is 11.5 Å². The highest BCUT2D eigenvalue weighted by Gasteiger charge is 2.38. The van der Waals surface area contributed by atoms with E-state index in [1.165, 1.54) is 23.5 Å². The highest BCUT2D eigenvalue weighted by Crippen LogP contribution is 2.50. The monoisotopic (exact) mass is 266 g/mol. The first-order chi connectivity index (χ1) is 8.27. The summed E-state index contributed by atoms with van der Waals surface area (Å²) in [6.45, 7) is 2.21. The van der Waals surface area contributed by atoms with Crippen LogP contribution in [-0.2, 0) is 6.42 Å². The van der Waals surface area contributed by atoms with Gasteiger partial charge >= 0.3 is 0 Å². The van der Waals surface area contributed by atoms with E-state index in [2.05, 4.69) is 54.7 Å². The fourth-order valence-corrected chi connectivity index (χ4v) is 6.22. The summed E-state index contributed by atoms with van der Waals surface area (Å²) in [5.74, 6) is 3.72. The predicted octanol–water partition coefficient (Wildman–Crippen LogP) is 3.97. The van der Waals surface area contributed by atoms with E-state index in [1.807, 2.05) is 0 Å². The Morgan fingerprint density at radius 1 is 1.24 bits per heavy atom. The lowest BCUT2D eigenvalue weighted by Gasteiger charge is -2.36. The van der Waals surface area contributed by atoms with Crippen LogP contribution in [0.5, 0.6) is 5.75 Å². The second kappa shape index (κ2) is 4.77. The molecule has 2 heterocycles. The minimum absolute atomic E-state index is 0.330. The van der Waals surface area contributed by atoms with Gasteiger partial charge < -0.3 is 4.74 Å². The molecule has 2 aliphatic rings. The second-order valence-corrected chi connectivity index (χ2v) is 8.09. The zero-order valence-electron chi connectivity index (χ0n) is 10.1. The SMILES string of the molecule is CC1CC2(Cc3ccccc3O1)SCCCS2. The van der Waals surface area contributed by atoms with Crippen molar-refractivity contribution in [3.05, 3.63) is 29.8 Å². The Bertz CT molecular complexity index is 399. The van der Waals surface area contributed by atoms with Gasteiger partial charge in [-0.25, -0.2) is 0 Å². The number of thioether (sulfide) groups is 2. The van der Waals surface area contributed by atoms with Crippen LogP contribution < -0.4 is 4.74 Å². The van der Waals surface area contributed by atoms with Crippen molar-refractivity contribution < 1.29 is 4.74 Å². The van der Waals surface area contributed by atoms with Gasteiger partial charge in [0, 0.05) is 12.8 Å². The maximum atomic E-state index is 6.06. The summed E-state index contributed by atoms with van der Waals surface area (Å²) in [5.41, 5.74) is 1.39. The van der Waals surface area contributed by atoms with Crippen molar-refractivity contribution >= 4 is 23.5 Å². The van der Waals surface area contributed by atoms with Gasteiger partial charge in [-0.2, -0.15) is 0 Å². The quantitative estimate of drug-likeness (QED) is 0.703. The molecule has 0 radical (unpaired) electrons. The predicted molar refractivity (Wildman–Crippen MR) is 77.1 cm³/mol. The van der Waals surface area contributed by atoms with Gasteiger partial charge in [0.2, 0.25) is 0 Å². The Morgan fingerprint density at radius 2 is 2.00 bits per heavy atom. The first-order valence-electron chi connectivity index (χ1n) is 6.30. The molecule has 0 aromatic heterocycles. The molecule has 1 aromatic rings. The van der Waals surface area contributed by atoms with Crippen LogP contribution in [0.3, 0.4) is 0 Å². The molecule has 1 atom stereocenters. The van der Waals surface area contributed by atoms with Crippen LogP contribution in [0.15, 0.2) is 24.3 Å². The Kier molecular flexibility index (Phi) is 3.31. The Morgan fingerprint density at radius 3 is 2.82 bits per heavy atom. The third-order valence-electron chi connectivity index (χ3n) is 3.38. The van der Waals surface area contributed by atoms with Gasteiger partial charge in [0.1, 0.15) is 5.75 Å². The average Bonchev–Trinajstić information content (AvgIpc) is 2.45. The van der Waals surface area contributed by atoms with Crippen molar-refractivity contribution in [2.24, 2.45) is 0 Å². The lowest BCUT2D eigenvalue weighted by molar-refractivity contribution is 0.215. The maximum Gasteiger partial charge on any atom is 0.122 e. The number of para-hydroxylation sites is 1. The zero-order valence-corrected chi connectivity index (χ0v) is 11.8. The fourth-order valence-electron chi connectivity index (χ4n) is 2.66. The largest absolute Gasteiger partial charge is 0.490 e. The molecule has 0 N–H and O–H groups in total. The van der Waals surface area contributed by atoms with Crippen molar-refractivity contribution in [3.63, 3.8) is 0 Å². The van der Waals surface area contributed by atoms with Crippen LogP contribution in [0.2, 0.25) is 0 Å². The Balaban J connectivity index is 1.93. The van der Waals surface area contributed by atoms with E-state index in [0.29, 0.717) is 10.2 Å². The molecule has 2 aliphatic heterocycles. The number of ether oxygens (including phenoxy) is 1. The molecule has 3 rings (SSSR count). The molecule has 1 spiro atoms. The number of hydrogen-bond donors (Lipinski definition) is 0. The van der Waals surface area contributed by atoms with Gasteiger partial charge in [0.05, 0.1) is 10.2 Å². The van der Waals surface area contributed by atoms with Crippen molar-refractivity contribution in [1.29, 1.82) is 0 Å². The van der Waals surface area contributed by atoms with E-state index in [4.69, 9.17) is 4.74 Å². The summed E-state index contributed by atoms with van der Waals surface area (Å²) in [4.78, 5) is 0. The van der Waals surface area contributed by atoms with Crippen molar-refractivity contribution in [2.45, 2.75) is 36.4 Å². The van der Waals surface area contributed by atoms with E-state index < -0.39 is 0 Å². The van der Waals surface area contributed by atoms with Gasteiger partial charge in [-0.15, -0.1) is 23.5 Å². The molecule has 0 saturated carbocycles. The molecule has 1 saturated heterocycles. The van der Waals surface area contributed by atoms with Crippen molar-refractivity contribution in [1.82, 2.24) is 0 Å². The molecule has 17 heavy (non-hydrogen) atoms. The topological polar surface area (TPSA) is 9.23 Å². The summed E-state index contributed by atoms with van der Waals surface area (Å²) in [5, 5.41) is 0. The molecular weight excluding hydrogens is 248 g/mol. The van der Waals surface area contributed by atoms with Gasteiger partial charge in [0.15, 0.2) is 0 Å². The summed E-state index contributed by atoms with van der Waals surface area (Å²) in [6.07, 6.45) is 4.00. The average molecular weight is 266 g/mol. The van der Waals surface area contributed by atoms with Gasteiger partial charge in [0.25, 0.3) is 0 Å². The molecular formula is C14H18OS2. The maximum absolute atomic E-state index is 6.06. The normalized spacial score (nSPS) is 27.0. The molecule has 0 aliphatic carbocycles. The fraction of sp³-hybridized carbons (Fsp3) is 0.571. The molecule has 92 valence electrons. The van der Waals surface area contributed by atoms with Crippen LogP contribution in [0.4, 0.5) is 0 Å². The number of hydrogen-bond acceptors (Lipinski definition) is 3. The number of rotatable bonds is 0. The van der Waals surface area contributed by atoms with Crippen LogP contribution in [-0.4, -0.2) is 21.7 Å². The summed E-state index contributed by atoms with van der Waals surface area (Å²) in [6, 6.07) is 8.54. The summed E-state index contributed by atoms with van der Waals surface area (Å²) in [7, 11) is 0. The molecule has 1 fully saturated rings. The minimum Gasteiger partial charge on any atom is -0.490 e. The summed E-state index contributed by atoms with van der Waals surface area (Å²) >= 11 is 4.30. The molecule has 0 amide bonds. The van der Waals surface area contributed by atoms with Crippen LogP contribution in [0, 0.1) is 0 Å². The Hall–Kier alpha value is -0.280. The second-order valence-electron chi connectivity index (χ2n) is 4.88. The molecule has 0 bridgehead atoms. The molecule has 3 heteroatoms. The van der Waals surface area contributed by atoms with E-state index in [0.717, 1.165) is 18.6 Å². The first kappa shape index (κ1) is 11.8. The van der Waals surface area contributed by atoms with Crippen LogP contribution in [0.25, 0.3) is 0 Å². The first-order valence-corrected chi connectivity index (χ1v) is 8.27. The highest BCUT2D eigenvalue weighted by atomic mass is 32.2. The number of fused-ring (bicyclic) bond motifs is 1. The molecule has 1 aromatic carbocycles. The van der Waals surface area contributed by atoms with E-state index in [-0.39, 0.29) is 0 Å². The zero-order chi connectivity index (χ0) is 11.7. The third-order valence-corrected chi connectivity index (χ3v) is 6.74. The standard InChI is InChI=1S/C14H18OS2/c1-11-9-14(16-7-4-8-17-14)10-12-5-2-3-6-13(12)15-11/h2-3,5-6,11H,4,7-10H2,1H3.